The molecule has 3 aliphatic heterocycles. The van der Waals surface area contributed by atoms with Gasteiger partial charge in [0.1, 0.15) is 0 Å². The number of hydrogen-bond donors (Lipinski definition) is 2. The number of nitrogens with zero attached hydrogens (tertiary/aromatic N) is 2. The molecule has 0 amide bonds. The predicted octanol–water partition coefficient (Wildman–Crippen LogP) is 11.4. The van der Waals surface area contributed by atoms with Crippen LogP contribution >= 0.6 is 46.4 Å². The molecule has 2 N–H and O–H groups in total. The van der Waals surface area contributed by atoms with Crippen molar-refractivity contribution in [3.05, 3.63) is 150 Å². The van der Waals surface area contributed by atoms with Gasteiger partial charge in [0.2, 0.25) is 0 Å². The van der Waals surface area contributed by atoms with E-state index in [2.05, 4.69) is 9.97 Å². The van der Waals surface area contributed by atoms with E-state index in [9.17, 15) is 9.59 Å². The van der Waals surface area contributed by atoms with Crippen LogP contribution < -0.4 is 0 Å². The summed E-state index contributed by atoms with van der Waals surface area (Å²) in [6.07, 6.45) is 8.00. The van der Waals surface area contributed by atoms with Crippen molar-refractivity contribution in [3.8, 4) is 0 Å². The van der Waals surface area contributed by atoms with E-state index in [1.54, 1.807) is 36.4 Å². The zero-order valence-corrected chi connectivity index (χ0v) is 34.7. The van der Waals surface area contributed by atoms with E-state index >= 15 is 0 Å². The molecular formula is C44H40Cl4N4O4. The lowest BCUT2D eigenvalue weighted by atomic mass is 9.71. The van der Waals surface area contributed by atoms with Crippen LogP contribution in [0.1, 0.15) is 80.4 Å². The summed E-state index contributed by atoms with van der Waals surface area (Å²) in [5, 5.41) is 1.80. The number of nitrogens with one attached hydrogen (secondary N) is 2. The predicted molar refractivity (Wildman–Crippen MR) is 226 cm³/mol. The summed E-state index contributed by atoms with van der Waals surface area (Å²) in [5.74, 6) is -1.53. The van der Waals surface area contributed by atoms with Gasteiger partial charge in [0.05, 0.1) is 70.0 Å². The number of carbonyl (C=O) groups excluding carboxylic acids is 2. The Bertz CT molecular complexity index is 2280. The summed E-state index contributed by atoms with van der Waals surface area (Å²) in [4.78, 5) is 43.8. The van der Waals surface area contributed by atoms with Gasteiger partial charge in [0, 0.05) is 56.9 Å². The maximum absolute atomic E-state index is 12.9. The van der Waals surface area contributed by atoms with Crippen molar-refractivity contribution in [2.75, 3.05) is 14.2 Å². The van der Waals surface area contributed by atoms with Crippen molar-refractivity contribution in [2.45, 2.75) is 46.5 Å². The monoisotopic (exact) mass is 828 g/mol. The maximum atomic E-state index is 12.9. The second-order valence-corrected chi connectivity index (χ2v) is 17.1. The number of hydrogen-bond acceptors (Lipinski definition) is 6. The Labute approximate surface area is 346 Å². The highest BCUT2D eigenvalue weighted by Crippen LogP contribution is 2.48. The second kappa shape index (κ2) is 15.4. The Morgan fingerprint density at radius 1 is 0.589 bits per heavy atom. The first-order chi connectivity index (χ1) is 26.6. The molecule has 12 heteroatoms. The van der Waals surface area contributed by atoms with Gasteiger partial charge in [0.15, 0.2) is 0 Å². The number of aromatic amines is 2. The largest absolute Gasteiger partial charge is 0.469 e. The lowest BCUT2D eigenvalue weighted by molar-refractivity contribution is -0.144. The third kappa shape index (κ3) is 7.36. The highest BCUT2D eigenvalue weighted by atomic mass is 35.5. The molecule has 7 rings (SSSR count). The topological polar surface area (TPSA) is 109 Å². The highest BCUT2D eigenvalue weighted by Gasteiger charge is 2.41. The van der Waals surface area contributed by atoms with Crippen molar-refractivity contribution in [1.82, 2.24) is 9.97 Å². The molecule has 5 heterocycles. The number of rotatable bonds is 8. The average molecular weight is 831 g/mol. The molecule has 56 heavy (non-hydrogen) atoms. The second-order valence-electron chi connectivity index (χ2n) is 15.5. The lowest BCUT2D eigenvalue weighted by Crippen LogP contribution is -2.37. The Morgan fingerprint density at radius 3 is 1.34 bits per heavy atom. The number of halogens is 4. The van der Waals surface area contributed by atoms with E-state index in [1.807, 2.05) is 76.3 Å². The van der Waals surface area contributed by atoms with Gasteiger partial charge in [-0.15, -0.1) is 0 Å². The molecule has 3 aliphatic rings. The number of benzene rings is 2. The van der Waals surface area contributed by atoms with Crippen molar-refractivity contribution in [3.63, 3.8) is 0 Å². The first-order valence-corrected chi connectivity index (χ1v) is 19.6. The molecule has 8 nitrogen and oxygen atoms in total. The van der Waals surface area contributed by atoms with Crippen LogP contribution in [0.3, 0.4) is 0 Å². The van der Waals surface area contributed by atoms with Crippen LogP contribution in [0.5, 0.6) is 0 Å². The van der Waals surface area contributed by atoms with Crippen LogP contribution in [0, 0.1) is 16.7 Å². The first-order valence-electron chi connectivity index (χ1n) is 18.1. The molecule has 0 fully saturated rings. The van der Waals surface area contributed by atoms with Gasteiger partial charge in [-0.1, -0.05) is 86.2 Å². The number of aromatic nitrogens is 2. The van der Waals surface area contributed by atoms with Crippen molar-refractivity contribution in [2.24, 2.45) is 26.7 Å². The normalized spacial score (nSPS) is 20.6. The molecule has 0 aliphatic carbocycles. The first kappa shape index (κ1) is 39.6. The maximum Gasteiger partial charge on any atom is 0.306 e. The van der Waals surface area contributed by atoms with Crippen molar-refractivity contribution >= 4 is 80.9 Å². The number of fused-ring (bicyclic) bond motifs is 6. The van der Waals surface area contributed by atoms with Gasteiger partial charge in [-0.05, 0) is 83.7 Å². The summed E-state index contributed by atoms with van der Waals surface area (Å²) >= 11 is 27.8. The number of allylic oxidation sites excluding steroid dienone is 4. The fourth-order valence-electron chi connectivity index (χ4n) is 8.14. The summed E-state index contributed by atoms with van der Waals surface area (Å²) in [6, 6.07) is 18.7. The van der Waals surface area contributed by atoms with Gasteiger partial charge < -0.3 is 19.4 Å². The molecular weight excluding hydrogens is 790 g/mol. The Kier molecular flexibility index (Phi) is 10.9. The summed E-state index contributed by atoms with van der Waals surface area (Å²) in [7, 11) is 2.78. The van der Waals surface area contributed by atoms with Gasteiger partial charge in [-0.3, -0.25) is 19.6 Å². The smallest absolute Gasteiger partial charge is 0.306 e. The third-order valence-electron chi connectivity index (χ3n) is 10.6. The van der Waals surface area contributed by atoms with E-state index in [0.717, 1.165) is 11.4 Å². The molecule has 2 aromatic heterocycles. The van der Waals surface area contributed by atoms with Gasteiger partial charge >= 0.3 is 11.9 Å². The third-order valence-corrected chi connectivity index (χ3v) is 11.9. The standard InChI is InChI=1S/C44H40Cl4N4O4/c1-43(2,21-35(53)55-5)41-31-17-13-27(49-31)39(37-23(45)9-7-10-24(37)46)29-15-19-33(51-29)42(44(3,4)22-36(54)56-6)34-20-16-30(52-34)40(28-14-18-32(41)50-28)38-25(47)11-8-12-26(38)48/h7-20,41-42,49-50H,21-22H2,1-6H3/b39-29+,40-30+. The number of methoxy groups -OCH3 is 2. The minimum atomic E-state index is -0.710. The van der Waals surface area contributed by atoms with E-state index < -0.39 is 16.7 Å². The number of ether oxygens (including phenoxy) is 2. The minimum absolute atomic E-state index is 0.0983. The fourth-order valence-corrected chi connectivity index (χ4v) is 9.31. The number of esters is 2. The number of H-pyrrole nitrogens is 2. The summed E-state index contributed by atoms with van der Waals surface area (Å²) in [5.41, 5.74) is 6.90. The zero-order chi connectivity index (χ0) is 40.1. The highest BCUT2D eigenvalue weighted by molar-refractivity contribution is 6.39. The zero-order valence-electron chi connectivity index (χ0n) is 31.7. The van der Waals surface area contributed by atoms with Crippen LogP contribution in [0.15, 0.2) is 106 Å². The number of aliphatic imine (C=N–C) groups is 2. The van der Waals surface area contributed by atoms with Crippen molar-refractivity contribution in [1.29, 1.82) is 0 Å². The van der Waals surface area contributed by atoms with Gasteiger partial charge in [-0.25, -0.2) is 0 Å². The van der Waals surface area contributed by atoms with Gasteiger partial charge in [-0.2, -0.15) is 0 Å². The summed E-state index contributed by atoms with van der Waals surface area (Å²) < 4.78 is 10.3. The fraction of sp³-hybridized carbons (Fsp3) is 0.273. The number of carbonyl (C=O) groups is 2. The molecule has 0 atom stereocenters. The lowest BCUT2D eigenvalue weighted by Gasteiger charge is -2.33. The minimum Gasteiger partial charge on any atom is -0.469 e. The Morgan fingerprint density at radius 2 is 0.964 bits per heavy atom. The van der Waals surface area contributed by atoms with E-state index in [-0.39, 0.29) is 30.7 Å². The van der Waals surface area contributed by atoms with Crippen LogP contribution in [0.25, 0.3) is 11.1 Å². The molecule has 0 radical (unpaired) electrons. The molecule has 2 aromatic carbocycles. The van der Waals surface area contributed by atoms with E-state index in [1.165, 1.54) is 14.2 Å². The van der Waals surface area contributed by atoms with Crippen LogP contribution in [0.2, 0.25) is 20.1 Å². The van der Waals surface area contributed by atoms with Crippen LogP contribution in [-0.2, 0) is 19.1 Å². The van der Waals surface area contributed by atoms with E-state index in [4.69, 9.17) is 65.9 Å². The molecule has 288 valence electrons. The van der Waals surface area contributed by atoms with Crippen molar-refractivity contribution < 1.29 is 19.1 Å². The van der Waals surface area contributed by atoms with Crippen LogP contribution in [-0.4, -0.2) is 47.5 Å². The molecule has 0 unspecified atom stereocenters. The molecule has 0 saturated carbocycles. The van der Waals surface area contributed by atoms with Gasteiger partial charge in [0.25, 0.3) is 0 Å². The molecule has 4 aromatic rings. The van der Waals surface area contributed by atoms with E-state index in [0.29, 0.717) is 76.6 Å². The SMILES string of the molecule is COC(=O)CC(C)(C)C1C2=N/C(=C(/c3c(Cl)cccc3Cl)c3ccc([nH]3)C(C(C)(C)CC(=O)OC)c3ccc([nH]3)/C(c3c(Cl)cccc3Cl)=C3/C=CC1=N3)C=C2. The Hall–Kier alpha value is -4.60. The Balaban J connectivity index is 1.58. The van der Waals surface area contributed by atoms with Crippen LogP contribution in [0.4, 0.5) is 0 Å². The molecule has 0 spiro atoms. The summed E-state index contributed by atoms with van der Waals surface area (Å²) in [6.45, 7) is 8.08. The average Bonchev–Trinajstić information content (AvgIpc) is 3.97. The molecule has 8 bridgehead atoms. The molecule has 0 saturated heterocycles. The quantitative estimate of drug-likeness (QED) is 0.172.